The van der Waals surface area contributed by atoms with Gasteiger partial charge in [0.1, 0.15) is 6.04 Å². The van der Waals surface area contributed by atoms with Crippen molar-refractivity contribution in [2.45, 2.75) is 31.3 Å². The molecule has 1 N–H and O–H groups in total. The predicted molar refractivity (Wildman–Crippen MR) is 117 cm³/mol. The van der Waals surface area contributed by atoms with Gasteiger partial charge in [-0.25, -0.2) is 8.42 Å². The zero-order valence-corrected chi connectivity index (χ0v) is 19.4. The summed E-state index contributed by atoms with van der Waals surface area (Å²) in [5.41, 5.74) is 0.946. The van der Waals surface area contributed by atoms with Gasteiger partial charge in [-0.3, -0.25) is 9.59 Å². The third-order valence-corrected chi connectivity index (χ3v) is 6.34. The van der Waals surface area contributed by atoms with Gasteiger partial charge in [0.05, 0.1) is 4.90 Å². The highest BCUT2D eigenvalue weighted by Gasteiger charge is 2.30. The van der Waals surface area contributed by atoms with Crippen LogP contribution in [0.3, 0.4) is 0 Å². The Labute approximate surface area is 185 Å². The van der Waals surface area contributed by atoms with Gasteiger partial charge in [0, 0.05) is 18.1 Å². The number of esters is 1. The minimum atomic E-state index is -3.93. The number of nitrogens with zero attached hydrogens (tertiary/aromatic N) is 1. The Balaban J connectivity index is 1.98. The lowest BCUT2D eigenvalue weighted by atomic mass is 10.1. The van der Waals surface area contributed by atoms with Crippen molar-refractivity contribution in [2.75, 3.05) is 13.7 Å². The van der Waals surface area contributed by atoms with Gasteiger partial charge < -0.3 is 9.64 Å². The molecule has 0 saturated carbocycles. The Hall–Kier alpha value is -2.23. The number of rotatable bonds is 9. The van der Waals surface area contributed by atoms with Gasteiger partial charge in [0.15, 0.2) is 6.61 Å². The second-order valence-electron chi connectivity index (χ2n) is 7.14. The van der Waals surface area contributed by atoms with E-state index < -0.39 is 28.6 Å². The van der Waals surface area contributed by atoms with Crippen molar-refractivity contribution in [1.29, 1.82) is 0 Å². The molecule has 0 radical (unpaired) electrons. The van der Waals surface area contributed by atoms with Gasteiger partial charge in [-0.1, -0.05) is 60.1 Å². The first-order valence-corrected chi connectivity index (χ1v) is 11.6. The number of carbonyl (C=O) groups excluding carboxylic acids is 2. The molecule has 0 spiro atoms. The second-order valence-corrected chi connectivity index (χ2v) is 9.77. The Bertz CT molecular complexity index is 963. The van der Waals surface area contributed by atoms with Crippen LogP contribution < -0.4 is 4.72 Å². The third kappa shape index (κ3) is 6.93. The van der Waals surface area contributed by atoms with Gasteiger partial charge in [-0.2, -0.15) is 4.72 Å². The maximum atomic E-state index is 12.6. The summed E-state index contributed by atoms with van der Waals surface area (Å²) in [5.74, 6) is -1.56. The van der Waals surface area contributed by atoms with Crippen molar-refractivity contribution in [3.63, 3.8) is 0 Å². The van der Waals surface area contributed by atoms with Crippen LogP contribution in [0.2, 0.25) is 0 Å². The number of hydrogen-bond acceptors (Lipinski definition) is 5. The Morgan fingerprint density at radius 3 is 2.23 bits per heavy atom. The average Bonchev–Trinajstić information content (AvgIpc) is 2.70. The zero-order chi connectivity index (χ0) is 22.3. The number of benzene rings is 2. The summed E-state index contributed by atoms with van der Waals surface area (Å²) in [5, 5.41) is 0. The van der Waals surface area contributed by atoms with Gasteiger partial charge in [0.25, 0.3) is 5.91 Å². The number of ether oxygens (including phenoxy) is 1. The molecule has 9 heteroatoms. The van der Waals surface area contributed by atoms with Gasteiger partial charge >= 0.3 is 5.97 Å². The topological polar surface area (TPSA) is 92.8 Å². The highest BCUT2D eigenvalue weighted by atomic mass is 79.9. The number of sulfonamides is 1. The molecule has 2 rings (SSSR count). The van der Waals surface area contributed by atoms with E-state index >= 15 is 0 Å². The average molecular weight is 497 g/mol. The molecule has 2 aromatic rings. The lowest BCUT2D eigenvalue weighted by Crippen LogP contribution is -2.46. The molecule has 0 aliphatic carbocycles. The predicted octanol–water partition coefficient (Wildman–Crippen LogP) is 2.95. The Morgan fingerprint density at radius 1 is 1.07 bits per heavy atom. The maximum absolute atomic E-state index is 12.6. The number of hydrogen-bond donors (Lipinski definition) is 1. The van der Waals surface area contributed by atoms with Crippen LogP contribution in [0.15, 0.2) is 64.0 Å². The normalized spacial score (nSPS) is 12.4. The van der Waals surface area contributed by atoms with E-state index in [1.165, 1.54) is 17.0 Å². The fraction of sp³-hybridized carbons (Fsp3) is 0.333. The number of amides is 1. The summed E-state index contributed by atoms with van der Waals surface area (Å²) in [6, 6.07) is 14.3. The molecular formula is C21H25BrN2O5S. The number of nitrogens with one attached hydrogen (secondary N) is 1. The molecule has 162 valence electrons. The van der Waals surface area contributed by atoms with E-state index in [1.54, 1.807) is 33.0 Å². The molecular weight excluding hydrogens is 472 g/mol. The van der Waals surface area contributed by atoms with Crippen molar-refractivity contribution >= 4 is 37.8 Å². The van der Waals surface area contributed by atoms with Crippen LogP contribution in [0.4, 0.5) is 0 Å². The summed E-state index contributed by atoms with van der Waals surface area (Å²) in [7, 11) is -2.32. The largest absolute Gasteiger partial charge is 0.454 e. The van der Waals surface area contributed by atoms with Crippen molar-refractivity contribution in [3.05, 3.63) is 64.6 Å². The smallest absolute Gasteiger partial charge is 0.324 e. The van der Waals surface area contributed by atoms with Crippen LogP contribution in [-0.4, -0.2) is 44.9 Å². The molecule has 1 unspecified atom stereocenters. The first-order valence-electron chi connectivity index (χ1n) is 9.32. The van der Waals surface area contributed by atoms with E-state index in [-0.39, 0.29) is 16.7 Å². The lowest BCUT2D eigenvalue weighted by Gasteiger charge is -2.22. The highest BCUT2D eigenvalue weighted by molar-refractivity contribution is 9.10. The van der Waals surface area contributed by atoms with Crippen LogP contribution in [0, 0.1) is 5.92 Å². The first-order chi connectivity index (χ1) is 14.1. The molecule has 30 heavy (non-hydrogen) atoms. The molecule has 0 aliphatic rings. The molecule has 7 nitrogen and oxygen atoms in total. The lowest BCUT2D eigenvalue weighted by molar-refractivity contribution is -0.154. The van der Waals surface area contributed by atoms with Crippen LogP contribution in [-0.2, 0) is 30.9 Å². The molecule has 1 atom stereocenters. The molecule has 1 amide bonds. The van der Waals surface area contributed by atoms with E-state index in [1.807, 2.05) is 30.3 Å². The Morgan fingerprint density at radius 2 is 1.67 bits per heavy atom. The summed E-state index contributed by atoms with van der Waals surface area (Å²) >= 11 is 3.25. The molecule has 0 saturated heterocycles. The van der Waals surface area contributed by atoms with Crippen molar-refractivity contribution in [1.82, 2.24) is 9.62 Å². The molecule has 0 aromatic heterocycles. The van der Waals surface area contributed by atoms with E-state index in [9.17, 15) is 18.0 Å². The van der Waals surface area contributed by atoms with E-state index in [4.69, 9.17) is 4.74 Å². The standard InChI is InChI=1S/C21H25BrN2O5S/c1-15(2)20(23-30(27,28)18-11-9-17(22)10-12-18)21(26)29-14-19(25)24(3)13-16-7-5-4-6-8-16/h4-12,15,20,23H,13-14H2,1-3H3. The fourth-order valence-corrected chi connectivity index (χ4v) is 4.18. The Kier molecular flexibility index (Phi) is 8.57. The molecule has 0 fully saturated rings. The van der Waals surface area contributed by atoms with E-state index in [0.717, 1.165) is 10.0 Å². The summed E-state index contributed by atoms with van der Waals surface area (Å²) in [6.45, 7) is 3.30. The number of carbonyl (C=O) groups is 2. The summed E-state index contributed by atoms with van der Waals surface area (Å²) in [6.07, 6.45) is 0. The first kappa shape index (κ1) is 24.0. The molecule has 0 aliphatic heterocycles. The number of likely N-dealkylation sites (N-methyl/N-ethyl adjacent to an activating group) is 1. The SMILES string of the molecule is CC(C)C(NS(=O)(=O)c1ccc(Br)cc1)C(=O)OCC(=O)N(C)Cc1ccccc1. The fourth-order valence-electron chi connectivity index (χ4n) is 2.58. The van der Waals surface area contributed by atoms with Crippen molar-refractivity contribution in [2.24, 2.45) is 5.92 Å². The molecule has 0 heterocycles. The van der Waals surface area contributed by atoms with Crippen molar-refractivity contribution < 1.29 is 22.7 Å². The third-order valence-electron chi connectivity index (χ3n) is 4.35. The summed E-state index contributed by atoms with van der Waals surface area (Å²) in [4.78, 5) is 26.3. The number of halogens is 1. The van der Waals surface area contributed by atoms with Crippen LogP contribution in [0.1, 0.15) is 19.4 Å². The molecule has 2 aromatic carbocycles. The second kappa shape index (κ2) is 10.7. The zero-order valence-electron chi connectivity index (χ0n) is 17.0. The van der Waals surface area contributed by atoms with Crippen LogP contribution >= 0.6 is 15.9 Å². The van der Waals surface area contributed by atoms with Crippen molar-refractivity contribution in [3.8, 4) is 0 Å². The minimum Gasteiger partial charge on any atom is -0.454 e. The summed E-state index contributed by atoms with van der Waals surface area (Å²) < 4.78 is 33.4. The maximum Gasteiger partial charge on any atom is 0.324 e. The van der Waals surface area contributed by atoms with E-state index in [2.05, 4.69) is 20.7 Å². The van der Waals surface area contributed by atoms with Crippen LogP contribution in [0.25, 0.3) is 0 Å². The monoisotopic (exact) mass is 496 g/mol. The van der Waals surface area contributed by atoms with Crippen LogP contribution in [0.5, 0.6) is 0 Å². The molecule has 0 bridgehead atoms. The van der Waals surface area contributed by atoms with Gasteiger partial charge in [-0.05, 0) is 35.7 Å². The minimum absolute atomic E-state index is 0.0304. The highest BCUT2D eigenvalue weighted by Crippen LogP contribution is 2.16. The van der Waals surface area contributed by atoms with E-state index in [0.29, 0.717) is 6.54 Å². The van der Waals surface area contributed by atoms with Gasteiger partial charge in [0.2, 0.25) is 10.0 Å². The quantitative estimate of drug-likeness (QED) is 0.538. The van der Waals surface area contributed by atoms with Gasteiger partial charge in [-0.15, -0.1) is 0 Å².